The van der Waals surface area contributed by atoms with Crippen LogP contribution < -0.4 is 0 Å². The first-order chi connectivity index (χ1) is 5.16. The van der Waals surface area contributed by atoms with Crippen LogP contribution >= 0.6 is 0 Å². The van der Waals surface area contributed by atoms with Crippen molar-refractivity contribution in [2.24, 2.45) is 23.7 Å². The molecular weight excluding hydrogens is 132 g/mol. The topological polar surface area (TPSA) is 0 Å². The van der Waals surface area contributed by atoms with Crippen molar-refractivity contribution in [3.05, 3.63) is 0 Å². The van der Waals surface area contributed by atoms with Crippen LogP contribution in [0.4, 0.5) is 0 Å². The van der Waals surface area contributed by atoms with Gasteiger partial charge in [0, 0.05) is 0 Å². The molecule has 0 spiro atoms. The summed E-state index contributed by atoms with van der Waals surface area (Å²) in [5, 5.41) is 0. The molecule has 0 nitrogen and oxygen atoms in total. The molecule has 1 aliphatic rings. The van der Waals surface area contributed by atoms with Crippen LogP contribution in [0.3, 0.4) is 0 Å². The average molecular weight is 154 g/mol. The quantitative estimate of drug-likeness (QED) is 0.579. The summed E-state index contributed by atoms with van der Waals surface area (Å²) in [4.78, 5) is 0. The first-order valence-corrected chi connectivity index (χ1v) is 5.16. The Morgan fingerprint density at radius 2 is 1.82 bits per heavy atom. The third-order valence-corrected chi connectivity index (χ3v) is 3.31. The van der Waals surface area contributed by atoms with Gasteiger partial charge in [0.15, 0.2) is 0 Å². The second-order valence-electron chi connectivity index (χ2n) is 4.57. The van der Waals surface area contributed by atoms with Crippen molar-refractivity contribution < 1.29 is 0 Å². The normalized spacial score (nSPS) is 36.3. The van der Waals surface area contributed by atoms with E-state index in [1.54, 1.807) is 0 Å². The van der Waals surface area contributed by atoms with Crippen LogP contribution in [0.1, 0.15) is 47.0 Å². The van der Waals surface area contributed by atoms with Crippen LogP contribution in [0, 0.1) is 23.7 Å². The highest BCUT2D eigenvalue weighted by Crippen LogP contribution is 2.51. The zero-order valence-corrected chi connectivity index (χ0v) is 8.43. The van der Waals surface area contributed by atoms with Gasteiger partial charge in [0.2, 0.25) is 0 Å². The Morgan fingerprint density at radius 1 is 1.18 bits per heavy atom. The summed E-state index contributed by atoms with van der Waals surface area (Å²) in [6, 6.07) is 0. The Labute approximate surface area is 71.4 Å². The minimum Gasteiger partial charge on any atom is -0.0651 e. The summed E-state index contributed by atoms with van der Waals surface area (Å²) in [5.41, 5.74) is 0. The lowest BCUT2D eigenvalue weighted by Gasteiger charge is -2.02. The SMILES string of the molecule is CCC1C(C)C1CCC(C)C. The molecule has 0 bridgehead atoms. The Morgan fingerprint density at radius 3 is 2.18 bits per heavy atom. The summed E-state index contributed by atoms with van der Waals surface area (Å²) in [6.45, 7) is 9.40. The van der Waals surface area contributed by atoms with E-state index in [1.165, 1.54) is 19.3 Å². The largest absolute Gasteiger partial charge is 0.0651 e. The van der Waals surface area contributed by atoms with Gasteiger partial charge >= 0.3 is 0 Å². The zero-order chi connectivity index (χ0) is 8.43. The van der Waals surface area contributed by atoms with Gasteiger partial charge in [-0.1, -0.05) is 40.5 Å². The third kappa shape index (κ3) is 2.21. The van der Waals surface area contributed by atoms with E-state index in [2.05, 4.69) is 27.7 Å². The second-order valence-corrected chi connectivity index (χ2v) is 4.57. The molecule has 1 rings (SSSR count). The van der Waals surface area contributed by atoms with Crippen molar-refractivity contribution in [3.8, 4) is 0 Å². The van der Waals surface area contributed by atoms with Crippen LogP contribution in [-0.4, -0.2) is 0 Å². The molecule has 0 aromatic rings. The van der Waals surface area contributed by atoms with Gasteiger partial charge in [-0.3, -0.25) is 0 Å². The number of hydrogen-bond acceptors (Lipinski definition) is 0. The Balaban J connectivity index is 2.11. The molecule has 1 saturated carbocycles. The van der Waals surface area contributed by atoms with E-state index in [9.17, 15) is 0 Å². The zero-order valence-electron chi connectivity index (χ0n) is 8.43. The number of hydrogen-bond donors (Lipinski definition) is 0. The molecule has 0 radical (unpaired) electrons. The average Bonchev–Trinajstić information content (AvgIpc) is 2.56. The predicted octanol–water partition coefficient (Wildman–Crippen LogP) is 3.71. The maximum absolute atomic E-state index is 2.42. The molecule has 1 fully saturated rings. The Bertz CT molecular complexity index is 115. The first kappa shape index (κ1) is 9.09. The minimum absolute atomic E-state index is 0.903. The van der Waals surface area contributed by atoms with Gasteiger partial charge in [-0.2, -0.15) is 0 Å². The van der Waals surface area contributed by atoms with Gasteiger partial charge in [-0.25, -0.2) is 0 Å². The maximum atomic E-state index is 2.42. The lowest BCUT2D eigenvalue weighted by Crippen LogP contribution is -1.89. The summed E-state index contributed by atoms with van der Waals surface area (Å²) in [7, 11) is 0. The third-order valence-electron chi connectivity index (χ3n) is 3.31. The molecule has 0 heteroatoms. The highest BCUT2D eigenvalue weighted by molar-refractivity contribution is 4.92. The van der Waals surface area contributed by atoms with E-state index < -0.39 is 0 Å². The standard InChI is InChI=1S/C11H22/c1-5-10-9(4)11(10)7-6-8(2)3/h8-11H,5-7H2,1-4H3. The van der Waals surface area contributed by atoms with E-state index in [-0.39, 0.29) is 0 Å². The Hall–Kier alpha value is 0. The van der Waals surface area contributed by atoms with Crippen LogP contribution in [0.15, 0.2) is 0 Å². The molecule has 0 heterocycles. The van der Waals surface area contributed by atoms with E-state index in [4.69, 9.17) is 0 Å². The summed E-state index contributed by atoms with van der Waals surface area (Å²) < 4.78 is 0. The van der Waals surface area contributed by atoms with Crippen molar-refractivity contribution in [2.45, 2.75) is 47.0 Å². The monoisotopic (exact) mass is 154 g/mol. The molecular formula is C11H22. The van der Waals surface area contributed by atoms with E-state index in [0.717, 1.165) is 23.7 Å². The maximum Gasteiger partial charge on any atom is -0.0355 e. The van der Waals surface area contributed by atoms with Gasteiger partial charge in [-0.15, -0.1) is 0 Å². The lowest BCUT2D eigenvalue weighted by atomic mass is 10.0. The highest BCUT2D eigenvalue weighted by atomic mass is 14.5. The van der Waals surface area contributed by atoms with Crippen LogP contribution in [0.25, 0.3) is 0 Å². The van der Waals surface area contributed by atoms with E-state index in [1.807, 2.05) is 0 Å². The number of rotatable bonds is 4. The summed E-state index contributed by atoms with van der Waals surface area (Å²) in [6.07, 6.45) is 4.33. The first-order valence-electron chi connectivity index (χ1n) is 5.16. The lowest BCUT2D eigenvalue weighted by molar-refractivity contribution is 0.501. The van der Waals surface area contributed by atoms with Crippen LogP contribution in [0.5, 0.6) is 0 Å². The fourth-order valence-electron chi connectivity index (χ4n) is 2.31. The molecule has 0 aromatic heterocycles. The van der Waals surface area contributed by atoms with Crippen molar-refractivity contribution in [1.29, 1.82) is 0 Å². The molecule has 0 saturated heterocycles. The van der Waals surface area contributed by atoms with E-state index >= 15 is 0 Å². The van der Waals surface area contributed by atoms with Crippen LogP contribution in [0.2, 0.25) is 0 Å². The molecule has 3 unspecified atom stereocenters. The molecule has 0 aromatic carbocycles. The molecule has 0 aliphatic heterocycles. The van der Waals surface area contributed by atoms with Gasteiger partial charge in [-0.05, 0) is 30.1 Å². The molecule has 1 aliphatic carbocycles. The van der Waals surface area contributed by atoms with Gasteiger partial charge in [0.05, 0.1) is 0 Å². The second kappa shape index (κ2) is 3.60. The molecule has 0 N–H and O–H groups in total. The van der Waals surface area contributed by atoms with E-state index in [0.29, 0.717) is 0 Å². The molecule has 3 atom stereocenters. The van der Waals surface area contributed by atoms with Crippen LogP contribution in [-0.2, 0) is 0 Å². The highest BCUT2D eigenvalue weighted by Gasteiger charge is 2.43. The van der Waals surface area contributed by atoms with Gasteiger partial charge in [0.25, 0.3) is 0 Å². The van der Waals surface area contributed by atoms with Crippen molar-refractivity contribution in [2.75, 3.05) is 0 Å². The fraction of sp³-hybridized carbons (Fsp3) is 1.00. The summed E-state index contributed by atoms with van der Waals surface area (Å²) >= 11 is 0. The predicted molar refractivity (Wildman–Crippen MR) is 50.5 cm³/mol. The van der Waals surface area contributed by atoms with Gasteiger partial charge < -0.3 is 0 Å². The summed E-state index contributed by atoms with van der Waals surface area (Å²) in [5.74, 6) is 4.11. The smallest absolute Gasteiger partial charge is 0.0355 e. The Kier molecular flexibility index (Phi) is 2.98. The minimum atomic E-state index is 0.903. The van der Waals surface area contributed by atoms with Crippen molar-refractivity contribution in [3.63, 3.8) is 0 Å². The molecule has 11 heavy (non-hydrogen) atoms. The van der Waals surface area contributed by atoms with Gasteiger partial charge in [0.1, 0.15) is 0 Å². The molecule has 0 amide bonds. The van der Waals surface area contributed by atoms with Crippen molar-refractivity contribution in [1.82, 2.24) is 0 Å². The molecule has 66 valence electrons. The van der Waals surface area contributed by atoms with Crippen molar-refractivity contribution >= 4 is 0 Å². The fourth-order valence-corrected chi connectivity index (χ4v) is 2.31.